The van der Waals surface area contributed by atoms with E-state index in [1.165, 1.54) is 0 Å². The van der Waals surface area contributed by atoms with Crippen molar-refractivity contribution in [3.63, 3.8) is 0 Å². The molecule has 0 aliphatic carbocycles. The predicted octanol–water partition coefficient (Wildman–Crippen LogP) is 3.26. The Balaban J connectivity index is 0.000000121. The summed E-state index contributed by atoms with van der Waals surface area (Å²) in [6.07, 6.45) is 10.6. The second-order valence-corrected chi connectivity index (χ2v) is 4.14. The Labute approximate surface area is 116 Å². The van der Waals surface area contributed by atoms with E-state index in [-0.39, 0.29) is 0 Å². The molecule has 0 fully saturated rings. The second kappa shape index (κ2) is 5.84. The molecule has 0 atom stereocenters. The maximum Gasteiger partial charge on any atom is 0.0885 e. The molecular formula is C16H12N4. The monoisotopic (exact) mass is 260 g/mol. The zero-order chi connectivity index (χ0) is 13.6. The van der Waals surface area contributed by atoms with Gasteiger partial charge in [-0.25, -0.2) is 0 Å². The average Bonchev–Trinajstić information content (AvgIpc) is 2.56. The summed E-state index contributed by atoms with van der Waals surface area (Å²) in [6, 6.07) is 11.8. The first kappa shape index (κ1) is 12.2. The Morgan fingerprint density at radius 3 is 1.50 bits per heavy atom. The van der Waals surface area contributed by atoms with Crippen LogP contribution in [0.5, 0.6) is 0 Å². The van der Waals surface area contributed by atoms with Gasteiger partial charge in [0.25, 0.3) is 0 Å². The summed E-state index contributed by atoms with van der Waals surface area (Å²) < 4.78 is 0. The van der Waals surface area contributed by atoms with Gasteiger partial charge in [-0.2, -0.15) is 0 Å². The van der Waals surface area contributed by atoms with Gasteiger partial charge in [-0.3, -0.25) is 19.9 Å². The van der Waals surface area contributed by atoms with E-state index in [0.717, 1.165) is 21.8 Å². The maximum absolute atomic E-state index is 4.12. The number of fused-ring (bicyclic) bond motifs is 2. The van der Waals surface area contributed by atoms with Gasteiger partial charge in [0.2, 0.25) is 0 Å². The molecular weight excluding hydrogens is 248 g/mol. The van der Waals surface area contributed by atoms with Crippen LogP contribution in [0.2, 0.25) is 0 Å². The van der Waals surface area contributed by atoms with Crippen LogP contribution in [0.25, 0.3) is 21.8 Å². The zero-order valence-electron chi connectivity index (χ0n) is 10.7. The number of pyridine rings is 4. The van der Waals surface area contributed by atoms with Crippen molar-refractivity contribution >= 4 is 21.8 Å². The molecule has 4 heterocycles. The lowest BCUT2D eigenvalue weighted by Gasteiger charge is -1.90. The van der Waals surface area contributed by atoms with Gasteiger partial charge >= 0.3 is 0 Å². The summed E-state index contributed by atoms with van der Waals surface area (Å²) in [7, 11) is 0. The number of rotatable bonds is 0. The van der Waals surface area contributed by atoms with Gasteiger partial charge in [-0.15, -0.1) is 0 Å². The van der Waals surface area contributed by atoms with Crippen molar-refractivity contribution in [1.82, 2.24) is 19.9 Å². The predicted molar refractivity (Wildman–Crippen MR) is 79.1 cm³/mol. The highest BCUT2D eigenvalue weighted by molar-refractivity contribution is 5.77. The number of hydrogen-bond acceptors (Lipinski definition) is 4. The van der Waals surface area contributed by atoms with Gasteiger partial charge in [0.1, 0.15) is 0 Å². The van der Waals surface area contributed by atoms with Crippen LogP contribution in [-0.4, -0.2) is 19.9 Å². The van der Waals surface area contributed by atoms with E-state index in [1.54, 1.807) is 37.2 Å². The van der Waals surface area contributed by atoms with E-state index in [1.807, 2.05) is 36.4 Å². The van der Waals surface area contributed by atoms with Crippen LogP contribution in [0.15, 0.2) is 73.6 Å². The van der Waals surface area contributed by atoms with Crippen molar-refractivity contribution in [2.24, 2.45) is 0 Å². The third kappa shape index (κ3) is 2.75. The van der Waals surface area contributed by atoms with E-state index >= 15 is 0 Å². The van der Waals surface area contributed by atoms with E-state index < -0.39 is 0 Å². The molecule has 96 valence electrons. The zero-order valence-corrected chi connectivity index (χ0v) is 10.7. The highest BCUT2D eigenvalue weighted by Crippen LogP contribution is 2.06. The van der Waals surface area contributed by atoms with Gasteiger partial charge in [0.05, 0.1) is 23.4 Å². The lowest BCUT2D eigenvalue weighted by molar-refractivity contribution is 1.31. The quantitative estimate of drug-likeness (QED) is 0.487. The van der Waals surface area contributed by atoms with Crippen LogP contribution >= 0.6 is 0 Å². The number of nitrogens with zero attached hydrogens (tertiary/aromatic N) is 4. The maximum atomic E-state index is 4.12. The molecule has 0 saturated carbocycles. The van der Waals surface area contributed by atoms with Crippen LogP contribution in [0.3, 0.4) is 0 Å². The Morgan fingerprint density at radius 2 is 1.05 bits per heavy atom. The van der Waals surface area contributed by atoms with Crippen molar-refractivity contribution < 1.29 is 0 Å². The molecule has 0 bridgehead atoms. The van der Waals surface area contributed by atoms with Gasteiger partial charge in [-0.1, -0.05) is 12.1 Å². The van der Waals surface area contributed by atoms with Crippen molar-refractivity contribution in [1.29, 1.82) is 0 Å². The Hall–Kier alpha value is -2.88. The summed E-state index contributed by atoms with van der Waals surface area (Å²) in [5.74, 6) is 0. The SMILES string of the molecule is c1cnc2cnccc2c1.c1cnc2cnccc2c1. The third-order valence-electron chi connectivity index (χ3n) is 2.82. The lowest BCUT2D eigenvalue weighted by Crippen LogP contribution is -1.76. The third-order valence-corrected chi connectivity index (χ3v) is 2.82. The van der Waals surface area contributed by atoms with Crippen LogP contribution in [-0.2, 0) is 0 Å². The van der Waals surface area contributed by atoms with Crippen molar-refractivity contribution in [3.05, 3.63) is 73.6 Å². The van der Waals surface area contributed by atoms with Gasteiger partial charge in [0, 0.05) is 35.6 Å². The average molecular weight is 260 g/mol. The van der Waals surface area contributed by atoms with E-state index in [2.05, 4.69) is 19.9 Å². The van der Waals surface area contributed by atoms with Crippen LogP contribution in [0.1, 0.15) is 0 Å². The minimum Gasteiger partial charge on any atom is -0.262 e. The molecule has 0 unspecified atom stereocenters. The molecule has 4 aromatic rings. The summed E-state index contributed by atoms with van der Waals surface area (Å²) in [4.78, 5) is 16.1. The smallest absolute Gasteiger partial charge is 0.0885 e. The summed E-state index contributed by atoms with van der Waals surface area (Å²) in [5.41, 5.74) is 1.90. The molecule has 4 heteroatoms. The Morgan fingerprint density at radius 1 is 0.550 bits per heavy atom. The van der Waals surface area contributed by atoms with Crippen LogP contribution < -0.4 is 0 Å². The highest BCUT2D eigenvalue weighted by atomic mass is 14.7. The molecule has 0 aliphatic rings. The molecule has 0 aromatic carbocycles. The first-order chi connectivity index (χ1) is 9.93. The number of hydrogen-bond donors (Lipinski definition) is 0. The largest absolute Gasteiger partial charge is 0.262 e. The van der Waals surface area contributed by atoms with Crippen molar-refractivity contribution in [2.75, 3.05) is 0 Å². The van der Waals surface area contributed by atoms with Gasteiger partial charge in [-0.05, 0) is 24.3 Å². The summed E-state index contributed by atoms with van der Waals surface area (Å²) in [6.45, 7) is 0. The lowest BCUT2D eigenvalue weighted by atomic mass is 10.3. The summed E-state index contributed by atoms with van der Waals surface area (Å²) >= 11 is 0. The molecule has 4 aromatic heterocycles. The molecule has 4 nitrogen and oxygen atoms in total. The van der Waals surface area contributed by atoms with Crippen LogP contribution in [0, 0.1) is 0 Å². The molecule has 20 heavy (non-hydrogen) atoms. The van der Waals surface area contributed by atoms with E-state index in [9.17, 15) is 0 Å². The minimum absolute atomic E-state index is 0.949. The molecule has 0 spiro atoms. The first-order valence-corrected chi connectivity index (χ1v) is 6.23. The normalized spacial score (nSPS) is 10.0. The molecule has 0 aliphatic heterocycles. The first-order valence-electron chi connectivity index (χ1n) is 6.23. The number of aromatic nitrogens is 4. The fraction of sp³-hybridized carbons (Fsp3) is 0. The minimum atomic E-state index is 0.949. The Bertz CT molecular complexity index is 628. The van der Waals surface area contributed by atoms with E-state index in [4.69, 9.17) is 0 Å². The van der Waals surface area contributed by atoms with Gasteiger partial charge < -0.3 is 0 Å². The van der Waals surface area contributed by atoms with Crippen molar-refractivity contribution in [3.8, 4) is 0 Å². The Kier molecular flexibility index (Phi) is 3.55. The molecule has 0 N–H and O–H groups in total. The fourth-order valence-electron chi connectivity index (χ4n) is 1.83. The standard InChI is InChI=1S/2C8H6N2/c2*1-2-7-3-5-9-6-8(7)10-4-1/h2*1-6H. The van der Waals surface area contributed by atoms with E-state index in [0.29, 0.717) is 0 Å². The van der Waals surface area contributed by atoms with Gasteiger partial charge in [0.15, 0.2) is 0 Å². The molecule has 0 saturated heterocycles. The highest BCUT2D eigenvalue weighted by Gasteiger charge is 1.88. The molecule has 0 amide bonds. The van der Waals surface area contributed by atoms with Crippen molar-refractivity contribution in [2.45, 2.75) is 0 Å². The fourth-order valence-corrected chi connectivity index (χ4v) is 1.83. The molecule has 4 rings (SSSR count). The molecule has 0 radical (unpaired) electrons. The summed E-state index contributed by atoms with van der Waals surface area (Å²) in [5, 5.41) is 2.27. The topological polar surface area (TPSA) is 51.6 Å². The van der Waals surface area contributed by atoms with Crippen LogP contribution in [0.4, 0.5) is 0 Å². The second-order valence-electron chi connectivity index (χ2n) is 4.14.